The van der Waals surface area contributed by atoms with Gasteiger partial charge in [0.05, 0.1) is 0 Å². The van der Waals surface area contributed by atoms with Gasteiger partial charge in [0.2, 0.25) is 0 Å². The summed E-state index contributed by atoms with van der Waals surface area (Å²) in [6.45, 7) is 0. The molecule has 0 aromatic rings. The first-order valence-electron chi connectivity index (χ1n) is 10.5. The Kier molecular flexibility index (Phi) is 11.9. The molecule has 0 radical (unpaired) electrons. The summed E-state index contributed by atoms with van der Waals surface area (Å²) in [5.74, 6) is -9.62. The van der Waals surface area contributed by atoms with Crippen LogP contribution >= 0.6 is 0 Å². The van der Waals surface area contributed by atoms with Gasteiger partial charge in [0, 0.05) is 0 Å². The van der Waals surface area contributed by atoms with E-state index in [1.807, 2.05) is 0 Å². The largest absolute Gasteiger partial charge is 0.601 e. The van der Waals surface area contributed by atoms with Crippen LogP contribution in [0.1, 0.15) is 0 Å². The molecule has 0 heterocycles. The molecule has 0 aliphatic heterocycles. The molecule has 52 heavy (non-hydrogen) atoms. The van der Waals surface area contributed by atoms with Gasteiger partial charge >= 0.3 is 102 Å². The number of hydrogen-bond acceptors (Lipinski definition) is 2. The van der Waals surface area contributed by atoms with E-state index in [4.69, 9.17) is 0 Å². The molecule has 0 aliphatic carbocycles. The lowest BCUT2D eigenvalue weighted by Crippen LogP contribution is -2.90. The third-order valence-electron chi connectivity index (χ3n) is 5.60. The number of halogens is 34. The van der Waals surface area contributed by atoms with Crippen molar-refractivity contribution in [3.63, 3.8) is 0 Å². The smallest absolute Gasteiger partial charge is 0.395 e. The van der Waals surface area contributed by atoms with Crippen molar-refractivity contribution in [1.82, 2.24) is 0 Å². The summed E-state index contributed by atoms with van der Waals surface area (Å²) in [6, 6.07) is 0. The Hall–Kier alpha value is -1.81. The third kappa shape index (κ3) is 6.63. The van der Waals surface area contributed by atoms with E-state index < -0.39 is 102 Å². The Morgan fingerprint density at radius 2 is 0.462 bits per heavy atom. The first-order valence-corrected chi connectivity index (χ1v) is 15.9. The van der Waals surface area contributed by atoms with E-state index in [1.165, 1.54) is 0 Å². The van der Waals surface area contributed by atoms with Gasteiger partial charge < -0.3 is 8.23 Å². The fourth-order valence-electron chi connectivity index (χ4n) is 2.96. The minimum atomic E-state index is -13.3. The monoisotopic (exact) mass is 918 g/mol. The maximum Gasteiger partial charge on any atom is 0.601 e. The van der Waals surface area contributed by atoms with Crippen LogP contribution in [0.4, 0.5) is 149 Å². The van der Waals surface area contributed by atoms with Crippen molar-refractivity contribution in [1.29, 1.82) is 0 Å². The highest BCUT2D eigenvalue weighted by molar-refractivity contribution is 6.91. The molecule has 0 aromatic heterocycles. The third-order valence-corrected chi connectivity index (χ3v) is 16.8. The molecular weight excluding hydrogens is 918 g/mol. The Bertz CT molecular complexity index is 1190. The van der Waals surface area contributed by atoms with Crippen LogP contribution in [0.2, 0.25) is 0 Å². The molecular formula is C13F34O2Si3. The van der Waals surface area contributed by atoms with E-state index in [9.17, 15) is 145 Å². The lowest BCUT2D eigenvalue weighted by molar-refractivity contribution is -0.344. The molecule has 39 heteroatoms. The van der Waals surface area contributed by atoms with Crippen molar-refractivity contribution in [2.45, 2.75) is 76.3 Å². The van der Waals surface area contributed by atoms with Gasteiger partial charge in [-0.1, -0.05) is 0 Å². The Labute approximate surface area is 260 Å². The molecule has 0 saturated heterocycles. The minimum absolute atomic E-state index is 0.700. The highest BCUT2D eigenvalue weighted by atomic mass is 28.5. The summed E-state index contributed by atoms with van der Waals surface area (Å²) >= 11 is 0. The van der Waals surface area contributed by atoms with Gasteiger partial charge in [-0.3, -0.25) is 4.11 Å². The van der Waals surface area contributed by atoms with E-state index in [0.29, 0.717) is 4.12 Å². The predicted molar refractivity (Wildman–Crippen MR) is 92.6 cm³/mol. The van der Waals surface area contributed by atoms with Crippen LogP contribution in [0, 0.1) is 0 Å². The second-order valence-corrected chi connectivity index (χ2v) is 18.1. The van der Waals surface area contributed by atoms with E-state index in [-0.39, 0.29) is 0 Å². The van der Waals surface area contributed by atoms with Crippen molar-refractivity contribution in [2.75, 3.05) is 0 Å². The van der Waals surface area contributed by atoms with Crippen molar-refractivity contribution in [3.05, 3.63) is 0 Å². The first kappa shape index (κ1) is 50.2. The highest BCUT2D eigenvalue weighted by Crippen LogP contribution is 2.66. The van der Waals surface area contributed by atoms with Crippen LogP contribution in [-0.4, -0.2) is 102 Å². The minimum Gasteiger partial charge on any atom is -0.395 e. The standard InChI is InChI=1S/C13F34O2Si3/c14-1(15,2(16,17)18)8(34,35)52(47,49-51(46,12(42,43)6(28,29)30)13(44,45)7(31,32)33)48-50(9(36,37)3(19,20)21,10(38,39)4(22,23)24)11(40,41)5(25,26)27. The molecule has 0 rings (SSSR count). The van der Waals surface area contributed by atoms with Crippen molar-refractivity contribution < 1.29 is 157 Å². The average molecular weight is 918 g/mol. The molecule has 314 valence electrons. The van der Waals surface area contributed by atoms with Crippen LogP contribution in [0.5, 0.6) is 0 Å². The quantitative estimate of drug-likeness (QED) is 0.117. The zero-order valence-electron chi connectivity index (χ0n) is 21.7. The molecule has 2 nitrogen and oxygen atoms in total. The number of alkyl halides is 32. The summed E-state index contributed by atoms with van der Waals surface area (Å²) in [5.41, 5.74) is -59.6. The molecule has 0 fully saturated rings. The van der Waals surface area contributed by atoms with Crippen molar-refractivity contribution in [3.8, 4) is 0 Å². The maximum atomic E-state index is 15.5. The van der Waals surface area contributed by atoms with Crippen molar-refractivity contribution >= 4 is 25.9 Å². The molecule has 1 unspecified atom stereocenters. The molecule has 0 N–H and O–H groups in total. The fourth-order valence-corrected chi connectivity index (χ4v) is 14.1. The van der Waals surface area contributed by atoms with E-state index in [2.05, 4.69) is 0 Å². The number of hydrogen-bond donors (Lipinski definition) is 0. The Balaban J connectivity index is 9.70. The van der Waals surface area contributed by atoms with Crippen LogP contribution in [0.3, 0.4) is 0 Å². The molecule has 0 saturated carbocycles. The second-order valence-electron chi connectivity index (χ2n) is 9.02. The van der Waals surface area contributed by atoms with Gasteiger partial charge in [0.1, 0.15) is 0 Å². The van der Waals surface area contributed by atoms with Gasteiger partial charge in [-0.2, -0.15) is 140 Å². The first-order chi connectivity index (χ1) is 21.7. The van der Waals surface area contributed by atoms with E-state index >= 15 is 4.11 Å². The van der Waals surface area contributed by atoms with Crippen LogP contribution in [0.15, 0.2) is 0 Å². The lowest BCUT2D eigenvalue weighted by atomic mass is 10.3. The summed E-state index contributed by atoms with van der Waals surface area (Å²) < 4.78 is 460. The summed E-state index contributed by atoms with van der Waals surface area (Å²) in [4.78, 5) is 0. The predicted octanol–water partition coefficient (Wildman–Crippen LogP) is 10.3. The zero-order valence-corrected chi connectivity index (χ0v) is 24.7. The average Bonchev–Trinajstić information content (AvgIpc) is 2.82. The van der Waals surface area contributed by atoms with Crippen LogP contribution in [0.25, 0.3) is 0 Å². The summed E-state index contributed by atoms with van der Waals surface area (Å²) in [6.07, 6.45) is -55.1. The van der Waals surface area contributed by atoms with Gasteiger partial charge in [-0.15, -0.1) is 0 Å². The molecule has 0 aromatic carbocycles. The zero-order chi connectivity index (χ0) is 43.4. The van der Waals surface area contributed by atoms with Gasteiger partial charge in [-0.25, -0.2) is 4.11 Å². The van der Waals surface area contributed by atoms with Gasteiger partial charge in [0.15, 0.2) is 0 Å². The summed E-state index contributed by atoms with van der Waals surface area (Å²) in [5, 5.41) is 0. The van der Waals surface area contributed by atoms with Crippen molar-refractivity contribution in [2.24, 2.45) is 0 Å². The second kappa shape index (κ2) is 12.3. The van der Waals surface area contributed by atoms with E-state index in [0.717, 1.165) is 4.12 Å². The Morgan fingerprint density at radius 1 is 0.250 bits per heavy atom. The fraction of sp³-hybridized carbons (Fsp3) is 1.00. The molecule has 0 amide bonds. The van der Waals surface area contributed by atoms with Crippen LogP contribution < -0.4 is 0 Å². The molecule has 0 bridgehead atoms. The SMILES string of the molecule is FC(F)(F)C(F)(F)C(F)(F)[Si](F)(O[Si](F)(C(F)(F)C(F)(F)F)C(F)(F)C(F)(F)F)O[Si](C(F)(F)C(F)(F)F)(C(F)(F)C(F)(F)F)C(F)(F)C(F)(F)F. The van der Waals surface area contributed by atoms with Crippen LogP contribution in [-0.2, 0) is 8.23 Å². The highest BCUT2D eigenvalue weighted by Gasteiger charge is 3.04. The number of rotatable bonds is 11. The molecule has 0 spiro atoms. The Morgan fingerprint density at radius 3 is 0.635 bits per heavy atom. The van der Waals surface area contributed by atoms with Gasteiger partial charge in [-0.05, 0) is 0 Å². The molecule has 1 atom stereocenters. The maximum absolute atomic E-state index is 15.5. The topological polar surface area (TPSA) is 18.5 Å². The van der Waals surface area contributed by atoms with E-state index in [1.54, 1.807) is 0 Å². The van der Waals surface area contributed by atoms with Gasteiger partial charge in [0.25, 0.3) is 0 Å². The molecule has 0 aliphatic rings. The lowest BCUT2D eigenvalue weighted by Gasteiger charge is -2.50. The summed E-state index contributed by atoms with van der Waals surface area (Å²) in [7, 11) is -38.5. The normalized spacial score (nSPS) is 18.1.